The van der Waals surface area contributed by atoms with Crippen molar-refractivity contribution in [2.45, 2.75) is 67.2 Å². The molecular formula is C13H33N. The van der Waals surface area contributed by atoms with Crippen molar-refractivity contribution in [3.05, 3.63) is 0 Å². The maximum absolute atomic E-state index is 2.39. The molecule has 0 aliphatic carbocycles. The molecule has 0 atom stereocenters. The summed E-state index contributed by atoms with van der Waals surface area (Å²) in [5.41, 5.74) is 0. The van der Waals surface area contributed by atoms with Gasteiger partial charge < -0.3 is 4.90 Å². The molecular weight excluding hydrogens is 170 g/mol. The van der Waals surface area contributed by atoms with Crippen molar-refractivity contribution in [1.29, 1.82) is 0 Å². The molecule has 0 fully saturated rings. The van der Waals surface area contributed by atoms with Crippen LogP contribution < -0.4 is 0 Å². The first kappa shape index (κ1) is 19.5. The minimum absolute atomic E-state index is 1.25. The molecule has 1 heteroatoms. The molecule has 0 aromatic rings. The van der Waals surface area contributed by atoms with E-state index in [1.807, 2.05) is 13.8 Å². The first-order chi connectivity index (χ1) is 6.72. The second-order valence-electron chi connectivity index (χ2n) is 3.36. The van der Waals surface area contributed by atoms with Gasteiger partial charge >= 0.3 is 0 Å². The van der Waals surface area contributed by atoms with Crippen LogP contribution >= 0.6 is 0 Å². The molecule has 0 aliphatic heterocycles. The van der Waals surface area contributed by atoms with Crippen LogP contribution in [0.5, 0.6) is 0 Å². The quantitative estimate of drug-likeness (QED) is 0.632. The van der Waals surface area contributed by atoms with Gasteiger partial charge in [0.15, 0.2) is 0 Å². The number of hydrogen-bond donors (Lipinski definition) is 0. The minimum atomic E-state index is 1.25. The van der Waals surface area contributed by atoms with E-state index in [1.54, 1.807) is 0 Å². The van der Waals surface area contributed by atoms with Crippen molar-refractivity contribution in [1.82, 2.24) is 4.90 Å². The Morgan fingerprint density at radius 2 is 1.21 bits per heavy atom. The van der Waals surface area contributed by atoms with Crippen LogP contribution in [0.1, 0.15) is 67.2 Å². The Balaban J connectivity index is -0.000000205. The Labute approximate surface area is 92.9 Å². The van der Waals surface area contributed by atoms with Gasteiger partial charge in [-0.25, -0.2) is 0 Å². The van der Waals surface area contributed by atoms with Crippen LogP contribution in [0.25, 0.3) is 0 Å². The van der Waals surface area contributed by atoms with E-state index in [1.165, 1.54) is 38.8 Å². The van der Waals surface area contributed by atoms with Crippen LogP contribution in [-0.4, -0.2) is 25.0 Å². The number of unbranched alkanes of at least 4 members (excludes halogenated alkanes) is 1. The molecule has 1 nitrogen and oxygen atoms in total. The summed E-state index contributed by atoms with van der Waals surface area (Å²) in [4.78, 5) is 2.39. The average Bonchev–Trinajstić information content (AvgIpc) is 2.20. The lowest BCUT2D eigenvalue weighted by molar-refractivity contribution is 0.329. The van der Waals surface area contributed by atoms with E-state index in [0.29, 0.717) is 0 Å². The van der Waals surface area contributed by atoms with E-state index < -0.39 is 0 Å². The molecule has 0 aromatic heterocycles. The van der Waals surface area contributed by atoms with Crippen LogP contribution in [0.3, 0.4) is 0 Å². The lowest BCUT2D eigenvalue weighted by Crippen LogP contribution is -2.19. The van der Waals surface area contributed by atoms with Gasteiger partial charge in [0, 0.05) is 0 Å². The van der Waals surface area contributed by atoms with E-state index in [0.717, 1.165) is 0 Å². The van der Waals surface area contributed by atoms with Crippen LogP contribution in [0, 0.1) is 0 Å². The van der Waals surface area contributed by atoms with Crippen molar-refractivity contribution in [2.75, 3.05) is 20.1 Å². The fraction of sp³-hybridized carbons (Fsp3) is 1.00. The summed E-state index contributed by atoms with van der Waals surface area (Å²) in [5.74, 6) is 0. The predicted molar refractivity (Wildman–Crippen MR) is 70.0 cm³/mol. The standard InChI is InChI=1S/C8H19N.C3H8.C2H6/c1-4-6-8-9(3)7-5-2;1-3-2;1-2/h4-8H2,1-3H3;3H2,1-2H3;1-2H3. The molecule has 0 saturated heterocycles. The van der Waals surface area contributed by atoms with Gasteiger partial charge in [0.05, 0.1) is 0 Å². The van der Waals surface area contributed by atoms with Gasteiger partial charge in [-0.2, -0.15) is 0 Å². The van der Waals surface area contributed by atoms with Crippen LogP contribution in [0.2, 0.25) is 0 Å². The normalized spacial score (nSPS) is 8.57. The lowest BCUT2D eigenvalue weighted by Gasteiger charge is -2.13. The molecule has 0 rings (SSSR count). The van der Waals surface area contributed by atoms with E-state index in [4.69, 9.17) is 0 Å². The number of hydrogen-bond acceptors (Lipinski definition) is 1. The third-order valence-electron chi connectivity index (χ3n) is 1.50. The number of rotatable bonds is 5. The average molecular weight is 203 g/mol. The van der Waals surface area contributed by atoms with Crippen molar-refractivity contribution < 1.29 is 0 Å². The third kappa shape index (κ3) is 29.7. The molecule has 0 aromatic carbocycles. The maximum atomic E-state index is 2.39. The summed E-state index contributed by atoms with van der Waals surface area (Å²) < 4.78 is 0. The lowest BCUT2D eigenvalue weighted by atomic mass is 10.3. The molecule has 0 N–H and O–H groups in total. The second kappa shape index (κ2) is 23.1. The summed E-state index contributed by atoms with van der Waals surface area (Å²) >= 11 is 0. The van der Waals surface area contributed by atoms with Gasteiger partial charge in [0.1, 0.15) is 0 Å². The highest BCUT2D eigenvalue weighted by atomic mass is 15.1. The highest BCUT2D eigenvalue weighted by molar-refractivity contribution is 4.47. The van der Waals surface area contributed by atoms with E-state index in [9.17, 15) is 0 Å². The van der Waals surface area contributed by atoms with Gasteiger partial charge in [-0.15, -0.1) is 0 Å². The van der Waals surface area contributed by atoms with E-state index in [-0.39, 0.29) is 0 Å². The Morgan fingerprint density at radius 1 is 0.786 bits per heavy atom. The largest absolute Gasteiger partial charge is 0.306 e. The Hall–Kier alpha value is -0.0400. The topological polar surface area (TPSA) is 3.24 Å². The van der Waals surface area contributed by atoms with Crippen LogP contribution in [0.15, 0.2) is 0 Å². The predicted octanol–water partition coefficient (Wildman–Crippen LogP) is 4.57. The molecule has 0 unspecified atom stereocenters. The van der Waals surface area contributed by atoms with E-state index >= 15 is 0 Å². The zero-order valence-corrected chi connectivity index (χ0v) is 11.7. The molecule has 0 bridgehead atoms. The van der Waals surface area contributed by atoms with Crippen molar-refractivity contribution in [2.24, 2.45) is 0 Å². The molecule has 90 valence electrons. The van der Waals surface area contributed by atoms with Crippen LogP contribution in [0.4, 0.5) is 0 Å². The molecule has 0 amide bonds. The second-order valence-corrected chi connectivity index (χ2v) is 3.36. The third-order valence-corrected chi connectivity index (χ3v) is 1.50. The van der Waals surface area contributed by atoms with Gasteiger partial charge in [0.2, 0.25) is 0 Å². The number of nitrogens with zero attached hydrogens (tertiary/aromatic N) is 1. The molecule has 0 radical (unpaired) electrons. The SMILES string of the molecule is CC.CCC.CCCCN(C)CCC. The fourth-order valence-corrected chi connectivity index (χ4v) is 0.922. The molecule has 0 heterocycles. The monoisotopic (exact) mass is 203 g/mol. The fourth-order valence-electron chi connectivity index (χ4n) is 0.922. The van der Waals surface area contributed by atoms with Crippen LogP contribution in [-0.2, 0) is 0 Å². The first-order valence-electron chi connectivity index (χ1n) is 6.41. The Bertz CT molecular complexity index is 62.3. The zero-order valence-electron chi connectivity index (χ0n) is 11.7. The van der Waals surface area contributed by atoms with Crippen molar-refractivity contribution >= 4 is 0 Å². The first-order valence-corrected chi connectivity index (χ1v) is 6.41. The highest BCUT2D eigenvalue weighted by Crippen LogP contribution is 1.91. The molecule has 0 spiro atoms. The molecule has 0 aliphatic rings. The Kier molecular flexibility index (Phi) is 32.2. The van der Waals surface area contributed by atoms with Gasteiger partial charge in [-0.3, -0.25) is 0 Å². The summed E-state index contributed by atoms with van der Waals surface area (Å²) in [6, 6.07) is 0. The van der Waals surface area contributed by atoms with Crippen molar-refractivity contribution in [3.63, 3.8) is 0 Å². The maximum Gasteiger partial charge on any atom is -0.00219 e. The van der Waals surface area contributed by atoms with Gasteiger partial charge in [-0.05, 0) is 33.0 Å². The smallest absolute Gasteiger partial charge is 0.00219 e. The summed E-state index contributed by atoms with van der Waals surface area (Å²) in [6.07, 6.45) is 5.19. The highest BCUT2D eigenvalue weighted by Gasteiger charge is 1.92. The van der Waals surface area contributed by atoms with Gasteiger partial charge in [0.25, 0.3) is 0 Å². The van der Waals surface area contributed by atoms with Gasteiger partial charge in [-0.1, -0.05) is 54.4 Å². The summed E-state index contributed by atoms with van der Waals surface area (Å²) in [5, 5.41) is 0. The summed E-state index contributed by atoms with van der Waals surface area (Å²) in [7, 11) is 2.19. The zero-order chi connectivity index (χ0) is 11.8. The Morgan fingerprint density at radius 3 is 1.50 bits per heavy atom. The van der Waals surface area contributed by atoms with E-state index in [2.05, 4.69) is 39.6 Å². The summed E-state index contributed by atoms with van der Waals surface area (Å²) in [6.45, 7) is 15.2. The minimum Gasteiger partial charge on any atom is -0.306 e. The van der Waals surface area contributed by atoms with Crippen molar-refractivity contribution in [3.8, 4) is 0 Å². The molecule has 14 heavy (non-hydrogen) atoms. The molecule has 0 saturated carbocycles.